The molecule has 1 fully saturated rings. The van der Waals surface area contributed by atoms with Crippen LogP contribution in [-0.4, -0.2) is 41.8 Å². The second-order valence-electron chi connectivity index (χ2n) is 8.11. The summed E-state index contributed by atoms with van der Waals surface area (Å²) in [4.78, 5) is 41.1. The van der Waals surface area contributed by atoms with Crippen LogP contribution in [0.5, 0.6) is 11.5 Å². The number of thiophene rings is 1. The molecule has 0 radical (unpaired) electrons. The van der Waals surface area contributed by atoms with Gasteiger partial charge in [-0.3, -0.25) is 19.3 Å². The van der Waals surface area contributed by atoms with Crippen molar-refractivity contribution in [2.45, 2.75) is 26.2 Å². The lowest BCUT2D eigenvalue weighted by Crippen LogP contribution is -2.37. The highest BCUT2D eigenvalue weighted by Crippen LogP contribution is 2.36. The number of thioether (sulfide) groups is 1. The zero-order chi connectivity index (χ0) is 22.2. The molecule has 1 saturated heterocycles. The number of amides is 3. The molecule has 1 aliphatic carbocycles. The van der Waals surface area contributed by atoms with Crippen molar-refractivity contribution in [1.82, 2.24) is 10.2 Å². The Bertz CT molecular complexity index is 1140. The fourth-order valence-electron chi connectivity index (χ4n) is 4.03. The van der Waals surface area contributed by atoms with Crippen LogP contribution in [0, 0.1) is 5.92 Å². The number of hydrogen-bond donors (Lipinski definition) is 1. The summed E-state index contributed by atoms with van der Waals surface area (Å²) in [5.74, 6) is 1.42. The number of carbonyl (C=O) groups is 3. The molecule has 1 unspecified atom stereocenters. The fraction of sp³-hybridized carbons (Fsp3) is 0.348. The van der Waals surface area contributed by atoms with Gasteiger partial charge in [0.1, 0.15) is 0 Å². The number of aryl methyl sites for hydroxylation is 1. The summed E-state index contributed by atoms with van der Waals surface area (Å²) in [6.07, 6.45) is 4.88. The number of rotatable bonds is 5. The van der Waals surface area contributed by atoms with Crippen LogP contribution in [0.3, 0.4) is 0 Å². The summed E-state index contributed by atoms with van der Waals surface area (Å²) >= 11 is 2.45. The van der Waals surface area contributed by atoms with E-state index in [1.54, 1.807) is 29.5 Å². The monoisotopic (exact) mass is 470 g/mol. The maximum Gasteiger partial charge on any atom is 0.293 e. The Balaban J connectivity index is 1.18. The van der Waals surface area contributed by atoms with Crippen LogP contribution < -0.4 is 14.8 Å². The Kier molecular flexibility index (Phi) is 5.69. The van der Waals surface area contributed by atoms with Gasteiger partial charge in [0.05, 0.1) is 9.78 Å². The van der Waals surface area contributed by atoms with Gasteiger partial charge in [0, 0.05) is 18.0 Å². The minimum absolute atomic E-state index is 0.136. The number of benzene rings is 1. The summed E-state index contributed by atoms with van der Waals surface area (Å²) in [7, 11) is 0. The lowest BCUT2D eigenvalue weighted by atomic mass is 9.90. The largest absolute Gasteiger partial charge is 0.454 e. The lowest BCUT2D eigenvalue weighted by molar-refractivity contribution is -0.122. The van der Waals surface area contributed by atoms with E-state index in [1.165, 1.54) is 15.3 Å². The molecule has 3 amide bonds. The summed E-state index contributed by atoms with van der Waals surface area (Å²) in [6, 6.07) is 7.34. The van der Waals surface area contributed by atoms with Crippen molar-refractivity contribution in [3.05, 3.63) is 50.1 Å². The maximum atomic E-state index is 12.7. The molecule has 0 saturated carbocycles. The van der Waals surface area contributed by atoms with Crippen molar-refractivity contribution < 1.29 is 23.9 Å². The normalized spacial score (nSPS) is 20.7. The molecule has 3 aliphatic rings. The van der Waals surface area contributed by atoms with Gasteiger partial charge in [0.25, 0.3) is 17.1 Å². The molecule has 9 heteroatoms. The van der Waals surface area contributed by atoms with Crippen molar-refractivity contribution in [2.75, 3.05) is 19.9 Å². The number of carbonyl (C=O) groups excluding carboxylic acids is 3. The molecule has 1 N–H and O–H groups in total. The van der Waals surface area contributed by atoms with E-state index < -0.39 is 0 Å². The molecule has 7 nitrogen and oxygen atoms in total. The summed E-state index contributed by atoms with van der Waals surface area (Å²) < 4.78 is 10.6. The number of nitrogens with one attached hydrogen (secondary N) is 1. The van der Waals surface area contributed by atoms with E-state index in [2.05, 4.69) is 12.2 Å². The molecule has 32 heavy (non-hydrogen) atoms. The third-order valence-electron chi connectivity index (χ3n) is 5.74. The summed E-state index contributed by atoms with van der Waals surface area (Å²) in [5, 5.41) is 2.51. The predicted molar refractivity (Wildman–Crippen MR) is 123 cm³/mol. The minimum Gasteiger partial charge on any atom is -0.454 e. The first kappa shape index (κ1) is 21.1. The first-order chi connectivity index (χ1) is 15.5. The Hall–Kier alpha value is -2.78. The number of imide groups is 1. The molecule has 2 aromatic rings. The smallest absolute Gasteiger partial charge is 0.293 e. The van der Waals surface area contributed by atoms with Gasteiger partial charge < -0.3 is 14.8 Å². The lowest BCUT2D eigenvalue weighted by Gasteiger charge is -2.16. The molecule has 1 atom stereocenters. The Morgan fingerprint density at radius 1 is 1.25 bits per heavy atom. The van der Waals surface area contributed by atoms with Crippen LogP contribution in [0.15, 0.2) is 29.2 Å². The van der Waals surface area contributed by atoms with Crippen molar-refractivity contribution in [1.29, 1.82) is 0 Å². The van der Waals surface area contributed by atoms with Crippen molar-refractivity contribution in [2.24, 2.45) is 5.92 Å². The SMILES string of the molecule is CC1CCc2sc(C(=O)NCCN3C(=O)S/C(=C\c4ccc5c(c4)OCO5)C3=O)cc2C1. The molecule has 0 bridgehead atoms. The number of hydrogen-bond acceptors (Lipinski definition) is 7. The highest BCUT2D eigenvalue weighted by molar-refractivity contribution is 8.18. The summed E-state index contributed by atoms with van der Waals surface area (Å²) in [5.41, 5.74) is 2.03. The van der Waals surface area contributed by atoms with E-state index in [1.807, 2.05) is 12.1 Å². The number of ether oxygens (including phenoxy) is 2. The van der Waals surface area contributed by atoms with Crippen molar-refractivity contribution in [3.8, 4) is 11.5 Å². The molecular weight excluding hydrogens is 448 g/mol. The Morgan fingerprint density at radius 3 is 2.97 bits per heavy atom. The highest BCUT2D eigenvalue weighted by atomic mass is 32.2. The topological polar surface area (TPSA) is 84.9 Å². The van der Waals surface area contributed by atoms with Crippen LogP contribution in [0.1, 0.15) is 39.0 Å². The molecule has 166 valence electrons. The van der Waals surface area contributed by atoms with Crippen LogP contribution in [0.2, 0.25) is 0 Å². The summed E-state index contributed by atoms with van der Waals surface area (Å²) in [6.45, 7) is 2.76. The van der Waals surface area contributed by atoms with E-state index in [-0.39, 0.29) is 36.9 Å². The van der Waals surface area contributed by atoms with Crippen LogP contribution >= 0.6 is 23.1 Å². The van der Waals surface area contributed by atoms with E-state index >= 15 is 0 Å². The zero-order valence-electron chi connectivity index (χ0n) is 17.5. The van der Waals surface area contributed by atoms with Gasteiger partial charge in [-0.25, -0.2) is 0 Å². The molecule has 0 spiro atoms. The maximum absolute atomic E-state index is 12.7. The minimum atomic E-state index is -0.354. The standard InChI is InChI=1S/C23H22N2O5S2/c1-13-2-5-18-15(8-13)11-19(31-18)21(26)24-6-7-25-22(27)20(32-23(25)28)10-14-3-4-16-17(9-14)30-12-29-16/h3-4,9-11,13H,2,5-8,12H2,1H3,(H,24,26)/b20-10-. The predicted octanol–water partition coefficient (Wildman–Crippen LogP) is 4.07. The van der Waals surface area contributed by atoms with E-state index in [4.69, 9.17) is 9.47 Å². The second-order valence-corrected chi connectivity index (χ2v) is 10.2. The van der Waals surface area contributed by atoms with Crippen LogP contribution in [0.4, 0.5) is 4.79 Å². The van der Waals surface area contributed by atoms with Crippen molar-refractivity contribution >= 4 is 46.2 Å². The average molecular weight is 471 g/mol. The zero-order valence-corrected chi connectivity index (χ0v) is 19.1. The molecule has 5 rings (SSSR count). The molecule has 1 aromatic heterocycles. The molecule has 2 aliphatic heterocycles. The van der Waals surface area contributed by atoms with E-state index in [0.29, 0.717) is 27.2 Å². The van der Waals surface area contributed by atoms with Gasteiger partial charge in [-0.15, -0.1) is 11.3 Å². The van der Waals surface area contributed by atoms with Gasteiger partial charge in [0.15, 0.2) is 11.5 Å². The number of fused-ring (bicyclic) bond motifs is 2. The number of nitrogens with zero attached hydrogens (tertiary/aromatic N) is 1. The fourth-order valence-corrected chi connectivity index (χ4v) is 6.02. The van der Waals surface area contributed by atoms with E-state index in [0.717, 1.165) is 36.6 Å². The van der Waals surface area contributed by atoms with Gasteiger partial charge in [-0.1, -0.05) is 13.0 Å². The Morgan fingerprint density at radius 2 is 2.09 bits per heavy atom. The third kappa shape index (κ3) is 4.14. The van der Waals surface area contributed by atoms with Gasteiger partial charge in [-0.2, -0.15) is 0 Å². The van der Waals surface area contributed by atoms with Crippen molar-refractivity contribution in [3.63, 3.8) is 0 Å². The van der Waals surface area contributed by atoms with E-state index in [9.17, 15) is 14.4 Å². The van der Waals surface area contributed by atoms with Gasteiger partial charge in [0.2, 0.25) is 6.79 Å². The molecular formula is C23H22N2O5S2. The van der Waals surface area contributed by atoms with Crippen LogP contribution in [-0.2, 0) is 17.6 Å². The Labute approximate surface area is 193 Å². The first-order valence-electron chi connectivity index (χ1n) is 10.5. The quantitative estimate of drug-likeness (QED) is 0.663. The molecule has 1 aromatic carbocycles. The first-order valence-corrected chi connectivity index (χ1v) is 12.2. The third-order valence-corrected chi connectivity index (χ3v) is 7.89. The molecule has 3 heterocycles. The average Bonchev–Trinajstić information content (AvgIpc) is 3.47. The van der Waals surface area contributed by atoms with Gasteiger partial charge >= 0.3 is 0 Å². The highest BCUT2D eigenvalue weighted by Gasteiger charge is 2.35. The van der Waals surface area contributed by atoms with Crippen LogP contribution in [0.25, 0.3) is 6.08 Å². The second kappa shape index (κ2) is 8.63. The van der Waals surface area contributed by atoms with Gasteiger partial charge in [-0.05, 0) is 72.3 Å².